The summed E-state index contributed by atoms with van der Waals surface area (Å²) in [7, 11) is 0. The van der Waals surface area contributed by atoms with Crippen molar-refractivity contribution in [2.24, 2.45) is 5.92 Å². The highest BCUT2D eigenvalue weighted by atomic mass is 32.2. The fourth-order valence-corrected chi connectivity index (χ4v) is 3.13. The molecule has 0 bridgehead atoms. The van der Waals surface area contributed by atoms with Crippen molar-refractivity contribution < 1.29 is 0 Å². The molecule has 1 aromatic rings. The second-order valence-electron chi connectivity index (χ2n) is 5.86. The molecule has 1 aliphatic rings. The molecule has 1 aliphatic carbocycles. The Labute approximate surface area is 116 Å². The summed E-state index contributed by atoms with van der Waals surface area (Å²) in [5.41, 5.74) is 1.43. The van der Waals surface area contributed by atoms with E-state index < -0.39 is 0 Å². The third-order valence-corrected chi connectivity index (χ3v) is 5.24. The minimum absolute atomic E-state index is 0.510. The zero-order valence-electron chi connectivity index (χ0n) is 11.8. The van der Waals surface area contributed by atoms with Gasteiger partial charge in [0.15, 0.2) is 0 Å². The fourth-order valence-electron chi connectivity index (χ4n) is 2.40. The molecule has 0 radical (unpaired) electrons. The maximum Gasteiger partial charge on any atom is 0.0323 e. The van der Waals surface area contributed by atoms with Gasteiger partial charge in [-0.1, -0.05) is 44.2 Å². The molecule has 18 heavy (non-hydrogen) atoms. The molecule has 2 rings (SSSR count). The molecule has 2 heteroatoms. The van der Waals surface area contributed by atoms with Gasteiger partial charge in [0.2, 0.25) is 0 Å². The van der Waals surface area contributed by atoms with Gasteiger partial charge in [-0.25, -0.2) is 0 Å². The summed E-state index contributed by atoms with van der Waals surface area (Å²) in [6.07, 6.45) is 6.22. The summed E-state index contributed by atoms with van der Waals surface area (Å²) in [6.45, 7) is 5.76. The second-order valence-corrected chi connectivity index (χ2v) is 7.14. The lowest BCUT2D eigenvalue weighted by Crippen LogP contribution is -2.30. The van der Waals surface area contributed by atoms with E-state index in [1.165, 1.54) is 24.8 Å². The zero-order chi connectivity index (χ0) is 13.0. The van der Waals surface area contributed by atoms with Crippen LogP contribution in [0.25, 0.3) is 0 Å². The van der Waals surface area contributed by atoms with E-state index in [1.807, 2.05) is 11.8 Å². The van der Waals surface area contributed by atoms with E-state index in [9.17, 15) is 0 Å². The van der Waals surface area contributed by atoms with Gasteiger partial charge >= 0.3 is 0 Å². The van der Waals surface area contributed by atoms with Gasteiger partial charge in [-0.15, -0.1) is 0 Å². The predicted octanol–water partition coefficient (Wildman–Crippen LogP) is 4.26. The van der Waals surface area contributed by atoms with Crippen LogP contribution in [0.4, 0.5) is 0 Å². The molecule has 1 N–H and O–H groups in total. The molecule has 1 saturated carbocycles. The summed E-state index contributed by atoms with van der Waals surface area (Å²) in [6, 6.07) is 11.4. The van der Waals surface area contributed by atoms with Crippen molar-refractivity contribution in [3.63, 3.8) is 0 Å². The van der Waals surface area contributed by atoms with Crippen molar-refractivity contribution in [2.75, 3.05) is 12.8 Å². The quantitative estimate of drug-likeness (QED) is 0.789. The lowest BCUT2D eigenvalue weighted by molar-refractivity contribution is 0.428. The van der Waals surface area contributed by atoms with E-state index in [1.54, 1.807) is 0 Å². The number of thioether (sulfide) groups is 1. The zero-order valence-corrected chi connectivity index (χ0v) is 12.6. The molecule has 1 unspecified atom stereocenters. The molecule has 0 amide bonds. The number of hydrogen-bond acceptors (Lipinski definition) is 2. The minimum Gasteiger partial charge on any atom is -0.309 e. The van der Waals surface area contributed by atoms with E-state index in [4.69, 9.17) is 0 Å². The van der Waals surface area contributed by atoms with E-state index in [0.29, 0.717) is 10.8 Å². The summed E-state index contributed by atoms with van der Waals surface area (Å²) < 4.78 is 0.546. The molecule has 1 nitrogen and oxygen atoms in total. The number of hydrogen-bond donors (Lipinski definition) is 1. The summed E-state index contributed by atoms with van der Waals surface area (Å²) >= 11 is 2.03. The second kappa shape index (κ2) is 6.12. The first-order chi connectivity index (χ1) is 8.65. The van der Waals surface area contributed by atoms with E-state index in [0.717, 1.165) is 12.5 Å². The Morgan fingerprint density at radius 1 is 1.22 bits per heavy atom. The van der Waals surface area contributed by atoms with Crippen molar-refractivity contribution >= 4 is 11.8 Å². The SMILES string of the molecule is CSC1(CNC(CC(C)C)c2ccccc2)CC1. The Bertz CT molecular complexity index is 357. The maximum absolute atomic E-state index is 3.80. The predicted molar refractivity (Wildman–Crippen MR) is 82.1 cm³/mol. The van der Waals surface area contributed by atoms with Crippen LogP contribution in [0.15, 0.2) is 30.3 Å². The van der Waals surface area contributed by atoms with Crippen LogP contribution in [0, 0.1) is 5.92 Å². The molecule has 0 aromatic heterocycles. The molecular weight excluding hydrogens is 238 g/mol. The van der Waals surface area contributed by atoms with Crippen molar-refractivity contribution in [1.82, 2.24) is 5.32 Å². The maximum atomic E-state index is 3.80. The smallest absolute Gasteiger partial charge is 0.0323 e. The van der Waals surface area contributed by atoms with Crippen LogP contribution in [0.1, 0.15) is 44.7 Å². The summed E-state index contributed by atoms with van der Waals surface area (Å²) in [4.78, 5) is 0. The normalized spacial score (nSPS) is 18.9. The van der Waals surface area contributed by atoms with Crippen molar-refractivity contribution in [1.29, 1.82) is 0 Å². The van der Waals surface area contributed by atoms with Gasteiger partial charge in [-0.05, 0) is 37.0 Å². The molecule has 1 atom stereocenters. The van der Waals surface area contributed by atoms with Crippen LogP contribution < -0.4 is 5.32 Å². The first kappa shape index (κ1) is 14.0. The average Bonchev–Trinajstić information content (AvgIpc) is 3.16. The standard InChI is InChI=1S/C16H25NS/c1-13(2)11-15(14-7-5-4-6-8-14)17-12-16(18-3)9-10-16/h4-8,13,15,17H,9-12H2,1-3H3. The first-order valence-corrected chi connectivity index (χ1v) is 8.21. The fraction of sp³-hybridized carbons (Fsp3) is 0.625. The van der Waals surface area contributed by atoms with Crippen molar-refractivity contribution in [2.45, 2.75) is 43.9 Å². The van der Waals surface area contributed by atoms with Crippen LogP contribution in [0.3, 0.4) is 0 Å². The number of rotatable bonds is 7. The highest BCUT2D eigenvalue weighted by molar-refractivity contribution is 8.00. The van der Waals surface area contributed by atoms with Gasteiger partial charge < -0.3 is 5.32 Å². The average molecular weight is 263 g/mol. The van der Waals surface area contributed by atoms with Crippen LogP contribution in [0.5, 0.6) is 0 Å². The van der Waals surface area contributed by atoms with Gasteiger partial charge in [-0.3, -0.25) is 0 Å². The molecule has 0 heterocycles. The first-order valence-electron chi connectivity index (χ1n) is 6.99. The van der Waals surface area contributed by atoms with Crippen molar-refractivity contribution in [3.05, 3.63) is 35.9 Å². The van der Waals surface area contributed by atoms with Gasteiger partial charge in [0.05, 0.1) is 0 Å². The Morgan fingerprint density at radius 3 is 2.39 bits per heavy atom. The van der Waals surface area contributed by atoms with Crippen LogP contribution >= 0.6 is 11.8 Å². The summed E-state index contributed by atoms with van der Waals surface area (Å²) in [5.74, 6) is 0.729. The summed E-state index contributed by atoms with van der Waals surface area (Å²) in [5, 5.41) is 3.80. The monoisotopic (exact) mass is 263 g/mol. The largest absolute Gasteiger partial charge is 0.309 e. The molecule has 1 aromatic carbocycles. The molecule has 0 spiro atoms. The number of nitrogens with one attached hydrogen (secondary N) is 1. The Kier molecular flexibility index (Phi) is 4.74. The van der Waals surface area contributed by atoms with Crippen LogP contribution in [0.2, 0.25) is 0 Å². The van der Waals surface area contributed by atoms with E-state index in [-0.39, 0.29) is 0 Å². The van der Waals surface area contributed by atoms with Gasteiger partial charge in [0.25, 0.3) is 0 Å². The Balaban J connectivity index is 1.97. The topological polar surface area (TPSA) is 12.0 Å². The van der Waals surface area contributed by atoms with Gasteiger partial charge in [0.1, 0.15) is 0 Å². The van der Waals surface area contributed by atoms with Gasteiger partial charge in [-0.2, -0.15) is 11.8 Å². The third-order valence-electron chi connectivity index (χ3n) is 3.82. The molecular formula is C16H25NS. The Hall–Kier alpha value is -0.470. The highest BCUT2D eigenvalue weighted by Gasteiger charge is 2.41. The molecule has 1 fully saturated rings. The molecule has 0 aliphatic heterocycles. The molecule has 100 valence electrons. The lowest BCUT2D eigenvalue weighted by Gasteiger charge is -2.24. The molecule has 0 saturated heterocycles. The van der Waals surface area contributed by atoms with Crippen LogP contribution in [-0.2, 0) is 0 Å². The van der Waals surface area contributed by atoms with E-state index >= 15 is 0 Å². The van der Waals surface area contributed by atoms with E-state index in [2.05, 4.69) is 55.8 Å². The third kappa shape index (κ3) is 3.76. The lowest BCUT2D eigenvalue weighted by atomic mass is 9.97. The Morgan fingerprint density at radius 2 is 1.89 bits per heavy atom. The highest BCUT2D eigenvalue weighted by Crippen LogP contribution is 2.46. The van der Waals surface area contributed by atoms with Gasteiger partial charge in [0, 0.05) is 17.3 Å². The minimum atomic E-state index is 0.510. The van der Waals surface area contributed by atoms with Crippen LogP contribution in [-0.4, -0.2) is 17.5 Å². The number of benzene rings is 1. The van der Waals surface area contributed by atoms with Crippen molar-refractivity contribution in [3.8, 4) is 0 Å².